The second-order valence-electron chi connectivity index (χ2n) is 15.8. The topological polar surface area (TPSA) is 33.9 Å². The first-order valence-electron chi connectivity index (χ1n) is 20.3. The van der Waals surface area contributed by atoms with Crippen LogP contribution in [-0.4, -0.2) is 9.13 Å². The van der Waals surface area contributed by atoms with Gasteiger partial charge in [-0.15, -0.1) is 11.3 Å². The standard InChI is InChI=1S/C54H36N4S/c1-3-15-33(16-4-1)36-28-44(52-43-27-34-17-7-8-18-35(34)29-50(43)59-51(52)30-36)53-40-23-9-12-24-45(40)55-54(56-53)58-47-26-14-11-22-39(47)42-31-41-38-21-10-13-25-46(38)57(48(41)32-49(42)58)37-19-5-2-6-20-37/h1-32,53-56H. The summed E-state index contributed by atoms with van der Waals surface area (Å²) in [4.78, 5) is 0. The molecule has 5 heteroatoms. The van der Waals surface area contributed by atoms with Crippen LogP contribution in [0, 0.1) is 0 Å². The van der Waals surface area contributed by atoms with Crippen LogP contribution < -0.4 is 10.6 Å². The monoisotopic (exact) mass is 772 g/mol. The quantitative estimate of drug-likeness (QED) is 0.187. The third kappa shape index (κ3) is 4.93. The van der Waals surface area contributed by atoms with Gasteiger partial charge in [-0.1, -0.05) is 127 Å². The molecule has 0 aliphatic carbocycles. The molecule has 2 unspecified atom stereocenters. The van der Waals surface area contributed by atoms with Crippen molar-refractivity contribution in [1.29, 1.82) is 0 Å². The molecule has 59 heavy (non-hydrogen) atoms. The maximum atomic E-state index is 4.25. The van der Waals surface area contributed by atoms with E-state index < -0.39 is 0 Å². The van der Waals surface area contributed by atoms with E-state index in [0.29, 0.717) is 0 Å². The zero-order valence-electron chi connectivity index (χ0n) is 31.9. The molecule has 1 aliphatic rings. The molecule has 0 saturated carbocycles. The number of hydrogen-bond acceptors (Lipinski definition) is 3. The summed E-state index contributed by atoms with van der Waals surface area (Å²) in [5, 5.41) is 18.4. The molecular formula is C54H36N4S. The van der Waals surface area contributed by atoms with Crippen LogP contribution in [0.5, 0.6) is 0 Å². The van der Waals surface area contributed by atoms with E-state index in [0.717, 1.165) is 11.4 Å². The normalized spacial score (nSPS) is 15.5. The van der Waals surface area contributed by atoms with Crippen LogP contribution in [0.15, 0.2) is 194 Å². The molecule has 278 valence electrons. The van der Waals surface area contributed by atoms with Crippen molar-refractivity contribution in [3.05, 3.63) is 205 Å². The Bertz CT molecular complexity index is 3630. The number of thiophene rings is 1. The lowest BCUT2D eigenvalue weighted by Crippen LogP contribution is -2.40. The average molecular weight is 773 g/mol. The van der Waals surface area contributed by atoms with Crippen LogP contribution in [0.3, 0.4) is 0 Å². The summed E-state index contributed by atoms with van der Waals surface area (Å²) in [5.74, 6) is 0. The number of nitrogens with one attached hydrogen (secondary N) is 2. The Kier molecular flexibility index (Phi) is 7.05. The average Bonchev–Trinajstić information content (AvgIpc) is 3.94. The number of para-hydroxylation sites is 4. The largest absolute Gasteiger partial charge is 0.352 e. The first-order valence-corrected chi connectivity index (χ1v) is 21.1. The van der Waals surface area contributed by atoms with Crippen molar-refractivity contribution in [2.45, 2.75) is 12.3 Å². The SMILES string of the molecule is c1ccc(-c2cc(C3NC(n4c5ccccc5c5cc6c7ccccc7n(-c7ccccc7)c6cc54)Nc4ccccc43)c3c(c2)sc2cc4ccccc4cc23)cc1. The zero-order chi connectivity index (χ0) is 38.6. The van der Waals surface area contributed by atoms with Crippen molar-refractivity contribution < 1.29 is 0 Å². The van der Waals surface area contributed by atoms with Crippen LogP contribution in [0.2, 0.25) is 0 Å². The first kappa shape index (κ1) is 32.9. The van der Waals surface area contributed by atoms with Crippen molar-refractivity contribution in [2.75, 3.05) is 5.32 Å². The summed E-state index contributed by atoms with van der Waals surface area (Å²) < 4.78 is 7.53. The zero-order valence-corrected chi connectivity index (χ0v) is 32.7. The minimum Gasteiger partial charge on any atom is -0.352 e. The van der Waals surface area contributed by atoms with Gasteiger partial charge in [-0.05, 0) is 99.8 Å². The van der Waals surface area contributed by atoms with E-state index in [1.54, 1.807) is 0 Å². The van der Waals surface area contributed by atoms with E-state index in [1.807, 2.05) is 11.3 Å². The number of rotatable bonds is 4. The van der Waals surface area contributed by atoms with Crippen LogP contribution in [-0.2, 0) is 0 Å². The number of anilines is 1. The predicted molar refractivity (Wildman–Crippen MR) is 250 cm³/mol. The molecule has 0 amide bonds. The molecule has 1 aliphatic heterocycles. The van der Waals surface area contributed by atoms with Gasteiger partial charge in [0.15, 0.2) is 6.29 Å². The third-order valence-electron chi connectivity index (χ3n) is 12.6. The Morgan fingerprint density at radius 1 is 0.424 bits per heavy atom. The van der Waals surface area contributed by atoms with Crippen molar-refractivity contribution >= 4 is 91.6 Å². The van der Waals surface area contributed by atoms with Gasteiger partial charge in [0.25, 0.3) is 0 Å². The van der Waals surface area contributed by atoms with Gasteiger partial charge < -0.3 is 14.5 Å². The van der Waals surface area contributed by atoms with E-state index in [2.05, 4.69) is 214 Å². The van der Waals surface area contributed by atoms with Crippen LogP contribution >= 0.6 is 11.3 Å². The first-order chi connectivity index (χ1) is 29.2. The Morgan fingerprint density at radius 3 is 1.92 bits per heavy atom. The summed E-state index contributed by atoms with van der Waals surface area (Å²) >= 11 is 1.90. The van der Waals surface area contributed by atoms with Crippen molar-refractivity contribution in [2.24, 2.45) is 0 Å². The maximum absolute atomic E-state index is 4.25. The smallest absolute Gasteiger partial charge is 0.160 e. The molecule has 2 N–H and O–H groups in total. The molecular weight excluding hydrogens is 737 g/mol. The van der Waals surface area contributed by atoms with Gasteiger partial charge in [0, 0.05) is 53.1 Å². The Hall–Kier alpha value is -7.18. The fourth-order valence-electron chi connectivity index (χ4n) is 9.96. The van der Waals surface area contributed by atoms with E-state index in [9.17, 15) is 0 Å². The van der Waals surface area contributed by atoms with Gasteiger partial charge in [-0.25, -0.2) is 0 Å². The number of aromatic nitrogens is 2. The Labute approximate surface area is 344 Å². The second kappa shape index (κ2) is 12.7. The molecule has 9 aromatic carbocycles. The summed E-state index contributed by atoms with van der Waals surface area (Å²) in [6.07, 6.45) is -0.259. The lowest BCUT2D eigenvalue weighted by Gasteiger charge is -2.37. The molecule has 0 saturated heterocycles. The van der Waals surface area contributed by atoms with Gasteiger partial charge in [0.2, 0.25) is 0 Å². The summed E-state index contributed by atoms with van der Waals surface area (Å²) in [6, 6.07) is 71.2. The van der Waals surface area contributed by atoms with Gasteiger partial charge in [0.05, 0.1) is 28.1 Å². The highest BCUT2D eigenvalue weighted by atomic mass is 32.1. The molecule has 4 nitrogen and oxygen atoms in total. The molecule has 13 rings (SSSR count). The highest BCUT2D eigenvalue weighted by Gasteiger charge is 2.32. The molecule has 4 heterocycles. The molecule has 3 aromatic heterocycles. The number of hydrogen-bond donors (Lipinski definition) is 2. The second-order valence-corrected chi connectivity index (χ2v) is 16.9. The lowest BCUT2D eigenvalue weighted by molar-refractivity contribution is 0.418. The van der Waals surface area contributed by atoms with Crippen molar-refractivity contribution in [3.8, 4) is 16.8 Å². The van der Waals surface area contributed by atoms with Crippen molar-refractivity contribution in [1.82, 2.24) is 14.5 Å². The minimum absolute atomic E-state index is 0.108. The van der Waals surface area contributed by atoms with Crippen LogP contribution in [0.4, 0.5) is 5.69 Å². The Morgan fingerprint density at radius 2 is 1.08 bits per heavy atom. The molecule has 2 atom stereocenters. The van der Waals surface area contributed by atoms with Gasteiger partial charge in [-0.3, -0.25) is 5.32 Å². The molecule has 0 radical (unpaired) electrons. The highest BCUT2D eigenvalue weighted by Crippen LogP contribution is 2.47. The van der Waals surface area contributed by atoms with E-state index >= 15 is 0 Å². The van der Waals surface area contributed by atoms with Crippen LogP contribution in [0.25, 0.3) is 91.4 Å². The Balaban J connectivity index is 1.08. The van der Waals surface area contributed by atoms with Gasteiger partial charge in [0.1, 0.15) is 0 Å². The van der Waals surface area contributed by atoms with E-state index in [-0.39, 0.29) is 12.3 Å². The van der Waals surface area contributed by atoms with Gasteiger partial charge >= 0.3 is 0 Å². The lowest BCUT2D eigenvalue weighted by atomic mass is 9.89. The molecule has 12 aromatic rings. The minimum atomic E-state index is -0.259. The maximum Gasteiger partial charge on any atom is 0.160 e. The molecule has 0 spiro atoms. The van der Waals surface area contributed by atoms with Gasteiger partial charge in [-0.2, -0.15) is 0 Å². The fourth-order valence-corrected chi connectivity index (χ4v) is 11.2. The highest BCUT2D eigenvalue weighted by molar-refractivity contribution is 7.26. The van der Waals surface area contributed by atoms with Crippen LogP contribution in [0.1, 0.15) is 23.5 Å². The van der Waals surface area contributed by atoms with Crippen molar-refractivity contribution in [3.63, 3.8) is 0 Å². The van der Waals surface area contributed by atoms with E-state index in [4.69, 9.17) is 0 Å². The number of nitrogens with zero attached hydrogens (tertiary/aromatic N) is 2. The summed E-state index contributed by atoms with van der Waals surface area (Å²) in [7, 11) is 0. The molecule has 0 bridgehead atoms. The third-order valence-corrected chi connectivity index (χ3v) is 13.7. The fraction of sp³-hybridized carbons (Fsp3) is 0.0370. The molecule has 0 fully saturated rings. The number of fused-ring (bicyclic) bond motifs is 11. The predicted octanol–water partition coefficient (Wildman–Crippen LogP) is 14.3. The summed E-state index contributed by atoms with van der Waals surface area (Å²) in [5.41, 5.74) is 12.0. The number of benzene rings is 9. The van der Waals surface area contributed by atoms with E-state index in [1.165, 1.54) is 96.8 Å². The summed E-state index contributed by atoms with van der Waals surface area (Å²) in [6.45, 7) is 0.